The topological polar surface area (TPSA) is 91.4 Å². The van der Waals surface area contributed by atoms with E-state index in [-0.39, 0.29) is 0 Å². The molecule has 3 heterocycles. The first kappa shape index (κ1) is 15.1. The number of aromatic nitrogens is 5. The lowest BCUT2D eigenvalue weighted by atomic mass is 10.2. The van der Waals surface area contributed by atoms with Gasteiger partial charge in [-0.2, -0.15) is 10.1 Å². The highest BCUT2D eigenvalue weighted by Crippen LogP contribution is 2.21. The van der Waals surface area contributed by atoms with E-state index in [1.165, 1.54) is 0 Å². The highest BCUT2D eigenvalue weighted by Gasteiger charge is 2.06. The Morgan fingerprint density at radius 3 is 2.92 bits per heavy atom. The Balaban J connectivity index is 1.52. The summed E-state index contributed by atoms with van der Waals surface area (Å²) in [6.07, 6.45) is 5.37. The number of hydrogen-bond donors (Lipinski definition) is 3. The smallest absolute Gasteiger partial charge is 0.229 e. The van der Waals surface area contributed by atoms with Gasteiger partial charge in [0.25, 0.3) is 0 Å². The zero-order chi connectivity index (χ0) is 17.1. The summed E-state index contributed by atoms with van der Waals surface area (Å²) >= 11 is 0. The van der Waals surface area contributed by atoms with E-state index in [9.17, 15) is 0 Å². The van der Waals surface area contributed by atoms with Crippen molar-refractivity contribution in [2.24, 2.45) is 0 Å². The molecule has 124 valence electrons. The van der Waals surface area contributed by atoms with E-state index >= 15 is 0 Å². The molecule has 0 unspecified atom stereocenters. The molecular weight excluding hydrogens is 314 g/mol. The normalized spacial score (nSPS) is 10.8. The third-order valence-corrected chi connectivity index (χ3v) is 3.83. The Bertz CT molecular complexity index is 995. The predicted molar refractivity (Wildman–Crippen MR) is 97.7 cm³/mol. The minimum Gasteiger partial charge on any atom is -0.364 e. The summed E-state index contributed by atoms with van der Waals surface area (Å²) in [6.45, 7) is 2.58. The molecule has 0 atom stereocenters. The van der Waals surface area contributed by atoms with E-state index < -0.39 is 0 Å². The minimum absolute atomic E-state index is 0.539. The third kappa shape index (κ3) is 3.40. The number of nitrogens with one attached hydrogen (secondary N) is 3. The Morgan fingerprint density at radius 2 is 2.04 bits per heavy atom. The number of aromatic amines is 1. The van der Waals surface area contributed by atoms with Gasteiger partial charge in [-0.25, -0.2) is 4.98 Å². The van der Waals surface area contributed by atoms with Gasteiger partial charge in [0.1, 0.15) is 5.82 Å². The first-order valence-corrected chi connectivity index (χ1v) is 7.95. The number of anilines is 3. The zero-order valence-electron chi connectivity index (χ0n) is 13.7. The van der Waals surface area contributed by atoms with Crippen LogP contribution in [-0.2, 0) is 6.54 Å². The summed E-state index contributed by atoms with van der Waals surface area (Å²) in [7, 11) is 0. The monoisotopic (exact) mass is 331 g/mol. The minimum atomic E-state index is 0.539. The first-order valence-electron chi connectivity index (χ1n) is 7.95. The Morgan fingerprint density at radius 1 is 1.08 bits per heavy atom. The summed E-state index contributed by atoms with van der Waals surface area (Å²) in [5.74, 6) is 1.32. The molecule has 4 aromatic rings. The van der Waals surface area contributed by atoms with Crippen molar-refractivity contribution in [1.29, 1.82) is 0 Å². The molecule has 0 radical (unpaired) electrons. The van der Waals surface area contributed by atoms with Crippen molar-refractivity contribution in [2.75, 3.05) is 10.6 Å². The number of aryl methyl sites for hydroxylation is 1. The summed E-state index contributed by atoms with van der Waals surface area (Å²) in [5.41, 5.74) is 3.84. The van der Waals surface area contributed by atoms with Gasteiger partial charge in [0.15, 0.2) is 0 Å². The fraction of sp³-hybridized carbons (Fsp3) is 0.111. The lowest BCUT2D eigenvalue weighted by molar-refractivity contribution is 1.01. The van der Waals surface area contributed by atoms with Gasteiger partial charge in [0, 0.05) is 29.0 Å². The number of H-pyrrole nitrogens is 1. The summed E-state index contributed by atoms with van der Waals surface area (Å²) in [5, 5.41) is 14.5. The van der Waals surface area contributed by atoms with E-state index in [1.807, 2.05) is 43.3 Å². The lowest BCUT2D eigenvalue weighted by Gasteiger charge is -2.11. The molecule has 0 spiro atoms. The van der Waals surface area contributed by atoms with E-state index in [0.29, 0.717) is 12.5 Å². The molecule has 0 amide bonds. The van der Waals surface area contributed by atoms with Crippen LogP contribution in [0.1, 0.15) is 11.3 Å². The molecule has 0 aliphatic carbocycles. The maximum absolute atomic E-state index is 4.57. The number of fused-ring (bicyclic) bond motifs is 1. The molecule has 0 aliphatic rings. The van der Waals surface area contributed by atoms with Crippen molar-refractivity contribution in [1.82, 2.24) is 25.1 Å². The van der Waals surface area contributed by atoms with Crippen molar-refractivity contribution in [3.63, 3.8) is 0 Å². The van der Waals surface area contributed by atoms with Gasteiger partial charge in [0.2, 0.25) is 5.95 Å². The summed E-state index contributed by atoms with van der Waals surface area (Å²) in [4.78, 5) is 13.2. The van der Waals surface area contributed by atoms with Crippen LogP contribution in [0.2, 0.25) is 0 Å². The molecule has 7 heteroatoms. The highest BCUT2D eigenvalue weighted by atomic mass is 15.1. The van der Waals surface area contributed by atoms with Gasteiger partial charge in [0.05, 0.1) is 24.0 Å². The van der Waals surface area contributed by atoms with Crippen LogP contribution >= 0.6 is 0 Å². The second-order valence-electron chi connectivity index (χ2n) is 5.70. The molecule has 0 fully saturated rings. The van der Waals surface area contributed by atoms with Crippen LogP contribution < -0.4 is 10.6 Å². The quantitative estimate of drug-likeness (QED) is 0.519. The molecule has 0 saturated carbocycles. The number of benzene rings is 1. The van der Waals surface area contributed by atoms with E-state index in [4.69, 9.17) is 0 Å². The molecule has 0 aliphatic heterocycles. The molecule has 1 aromatic carbocycles. The number of nitrogens with zero attached hydrogens (tertiary/aromatic N) is 4. The fourth-order valence-corrected chi connectivity index (χ4v) is 2.51. The second kappa shape index (κ2) is 6.56. The zero-order valence-corrected chi connectivity index (χ0v) is 13.7. The van der Waals surface area contributed by atoms with Crippen molar-refractivity contribution < 1.29 is 0 Å². The maximum atomic E-state index is 4.57. The van der Waals surface area contributed by atoms with Crippen LogP contribution in [0.15, 0.2) is 55.0 Å². The Kier molecular flexibility index (Phi) is 3.96. The van der Waals surface area contributed by atoms with Gasteiger partial charge in [-0.05, 0) is 37.3 Å². The number of hydrogen-bond acceptors (Lipinski definition) is 6. The molecule has 4 rings (SSSR count). The molecule has 0 bridgehead atoms. The van der Waals surface area contributed by atoms with E-state index in [0.717, 1.165) is 33.7 Å². The van der Waals surface area contributed by atoms with Crippen LogP contribution in [0.5, 0.6) is 0 Å². The third-order valence-electron chi connectivity index (χ3n) is 3.83. The lowest BCUT2D eigenvalue weighted by Crippen LogP contribution is -2.07. The van der Waals surface area contributed by atoms with E-state index in [2.05, 4.69) is 35.8 Å². The number of pyridine rings is 1. The average Bonchev–Trinajstić information content (AvgIpc) is 3.11. The van der Waals surface area contributed by atoms with Crippen LogP contribution in [0.4, 0.5) is 17.5 Å². The number of rotatable bonds is 5. The van der Waals surface area contributed by atoms with Crippen LogP contribution in [-0.4, -0.2) is 25.1 Å². The molecule has 3 aromatic heterocycles. The SMILES string of the molecule is Cc1cnc(Nc2ccc3[nH]ncc3c2)nc1NCc1ccccn1. The molecule has 3 N–H and O–H groups in total. The highest BCUT2D eigenvalue weighted by molar-refractivity contribution is 5.82. The summed E-state index contributed by atoms with van der Waals surface area (Å²) in [6, 6.07) is 11.8. The van der Waals surface area contributed by atoms with Crippen molar-refractivity contribution in [2.45, 2.75) is 13.5 Å². The maximum Gasteiger partial charge on any atom is 0.229 e. The predicted octanol–water partition coefficient (Wildman–Crippen LogP) is 3.41. The molecule has 25 heavy (non-hydrogen) atoms. The second-order valence-corrected chi connectivity index (χ2v) is 5.70. The van der Waals surface area contributed by atoms with Gasteiger partial charge in [-0.1, -0.05) is 6.07 Å². The van der Waals surface area contributed by atoms with E-state index in [1.54, 1.807) is 18.6 Å². The molecular formula is C18H17N7. The van der Waals surface area contributed by atoms with Crippen LogP contribution in [0, 0.1) is 6.92 Å². The van der Waals surface area contributed by atoms with Gasteiger partial charge < -0.3 is 10.6 Å². The van der Waals surface area contributed by atoms with Crippen molar-refractivity contribution in [3.8, 4) is 0 Å². The Hall–Kier alpha value is -3.48. The molecule has 7 nitrogen and oxygen atoms in total. The van der Waals surface area contributed by atoms with Gasteiger partial charge in [-0.3, -0.25) is 10.1 Å². The van der Waals surface area contributed by atoms with Gasteiger partial charge in [-0.15, -0.1) is 0 Å². The largest absolute Gasteiger partial charge is 0.364 e. The average molecular weight is 331 g/mol. The van der Waals surface area contributed by atoms with Gasteiger partial charge >= 0.3 is 0 Å². The Labute approximate surface area is 144 Å². The molecule has 0 saturated heterocycles. The van der Waals surface area contributed by atoms with Crippen molar-refractivity contribution in [3.05, 3.63) is 66.2 Å². The van der Waals surface area contributed by atoms with Crippen molar-refractivity contribution >= 4 is 28.4 Å². The van der Waals surface area contributed by atoms with Crippen LogP contribution in [0.3, 0.4) is 0 Å². The standard InChI is InChI=1S/C18H17N7/c1-12-9-21-18(23-14-5-6-16-13(8-14)10-22-25-16)24-17(12)20-11-15-4-2-3-7-19-15/h2-10H,11H2,1H3,(H,22,25)(H2,20,21,23,24). The fourth-order valence-electron chi connectivity index (χ4n) is 2.51. The first-order chi connectivity index (χ1) is 12.3. The van der Waals surface area contributed by atoms with Crippen LogP contribution in [0.25, 0.3) is 10.9 Å². The summed E-state index contributed by atoms with van der Waals surface area (Å²) < 4.78 is 0.